The first-order chi connectivity index (χ1) is 14.3. The van der Waals surface area contributed by atoms with Crippen LogP contribution in [0, 0.1) is 0 Å². The van der Waals surface area contributed by atoms with E-state index in [0.29, 0.717) is 0 Å². The van der Waals surface area contributed by atoms with Gasteiger partial charge in [-0.15, -0.1) is 0 Å². The van der Waals surface area contributed by atoms with Crippen LogP contribution >= 0.6 is 48.8 Å². The van der Waals surface area contributed by atoms with Crippen LogP contribution in [0.15, 0.2) is 136 Å². The minimum absolute atomic E-state index is 0. The summed E-state index contributed by atoms with van der Waals surface area (Å²) in [5.41, 5.74) is 0. The van der Waals surface area contributed by atoms with Crippen LogP contribution in [0.4, 0.5) is 0 Å². The average molecular weight is 483 g/mol. The lowest BCUT2D eigenvalue weighted by Gasteiger charge is -2.17. The van der Waals surface area contributed by atoms with E-state index in [1.54, 1.807) is 11.8 Å². The molecule has 4 aromatic carbocycles. The Kier molecular flexibility index (Phi) is 7.01. The minimum Gasteiger partial charge on any atom is -0.249 e. The average Bonchev–Trinajstić information content (AvgIpc) is 2.78. The Labute approximate surface area is 199 Å². The van der Waals surface area contributed by atoms with Crippen LogP contribution < -0.4 is 0 Å². The fraction of sp³-hybridized carbons (Fsp3) is 0. The molecule has 0 radical (unpaired) electrons. The van der Waals surface area contributed by atoms with Crippen LogP contribution in [0.2, 0.25) is 0 Å². The molecule has 0 aliphatic carbocycles. The molecule has 0 bridgehead atoms. The van der Waals surface area contributed by atoms with Crippen LogP contribution in [-0.4, -0.2) is 4.21 Å². The molecule has 2 aliphatic heterocycles. The van der Waals surface area contributed by atoms with Crippen molar-refractivity contribution in [2.45, 2.75) is 39.2 Å². The van der Waals surface area contributed by atoms with E-state index in [9.17, 15) is 4.21 Å². The minimum atomic E-state index is -1.01. The summed E-state index contributed by atoms with van der Waals surface area (Å²) in [6.07, 6.45) is 0. The zero-order valence-electron chi connectivity index (χ0n) is 15.8. The molecule has 0 saturated carbocycles. The topological polar surface area (TPSA) is 17.1 Å². The number of rotatable bonds is 0. The molecule has 6 heteroatoms. The molecule has 0 N–H and O–H groups in total. The Morgan fingerprint density at radius 2 is 0.700 bits per heavy atom. The third kappa shape index (κ3) is 4.39. The Hall–Kier alpha value is -1.57. The second-order valence-electron chi connectivity index (χ2n) is 6.36. The molecule has 0 unspecified atom stereocenters. The summed E-state index contributed by atoms with van der Waals surface area (Å²) in [6.45, 7) is 0. The predicted molar refractivity (Wildman–Crippen MR) is 133 cm³/mol. The Morgan fingerprint density at radius 3 is 1.07 bits per heavy atom. The van der Waals surface area contributed by atoms with Gasteiger partial charge < -0.3 is 0 Å². The largest absolute Gasteiger partial charge is 0.249 e. The van der Waals surface area contributed by atoms with Crippen molar-refractivity contribution in [1.29, 1.82) is 0 Å². The quantitative estimate of drug-likeness (QED) is 0.220. The fourth-order valence-corrected chi connectivity index (χ4v) is 8.04. The highest BCUT2D eigenvalue weighted by molar-refractivity contribution is 8.05. The van der Waals surface area contributed by atoms with Crippen molar-refractivity contribution in [3.8, 4) is 0 Å². The number of hydrogen-bond acceptors (Lipinski definition) is 4. The van der Waals surface area contributed by atoms with Crippen LogP contribution in [0.5, 0.6) is 0 Å². The van der Waals surface area contributed by atoms with Crippen LogP contribution in [0.1, 0.15) is 0 Å². The first-order valence-electron chi connectivity index (χ1n) is 9.11. The van der Waals surface area contributed by atoms with Gasteiger partial charge in [-0.05, 0) is 48.5 Å². The van der Waals surface area contributed by atoms with Crippen LogP contribution in [0.3, 0.4) is 0 Å². The van der Waals surface area contributed by atoms with Crippen molar-refractivity contribution in [1.82, 2.24) is 0 Å². The molecule has 0 atom stereocenters. The molecule has 6 rings (SSSR count). The van der Waals surface area contributed by atoms with Gasteiger partial charge in [-0.2, -0.15) is 13.5 Å². The summed E-state index contributed by atoms with van der Waals surface area (Å²) in [7, 11) is -1.01. The molecule has 1 nitrogen and oxygen atoms in total. The third-order valence-corrected chi connectivity index (χ3v) is 9.94. The van der Waals surface area contributed by atoms with Crippen molar-refractivity contribution in [3.63, 3.8) is 0 Å². The van der Waals surface area contributed by atoms with E-state index < -0.39 is 10.8 Å². The highest BCUT2D eigenvalue weighted by atomic mass is 32.2. The van der Waals surface area contributed by atoms with E-state index in [1.165, 1.54) is 19.6 Å². The Morgan fingerprint density at radius 1 is 0.433 bits per heavy atom. The molecule has 150 valence electrons. The van der Waals surface area contributed by atoms with E-state index in [4.69, 9.17) is 0 Å². The summed E-state index contributed by atoms with van der Waals surface area (Å²) in [5, 5.41) is 0. The third-order valence-electron chi connectivity index (χ3n) is 4.46. The van der Waals surface area contributed by atoms with Crippen molar-refractivity contribution in [2.24, 2.45) is 0 Å². The maximum Gasteiger partial charge on any atom is 0.0872 e. The summed E-state index contributed by atoms with van der Waals surface area (Å²) in [5.74, 6) is 0. The predicted octanol–water partition coefficient (Wildman–Crippen LogP) is 7.73. The van der Waals surface area contributed by atoms with Gasteiger partial charge in [0.15, 0.2) is 0 Å². The van der Waals surface area contributed by atoms with Crippen LogP contribution in [-0.2, 0) is 10.8 Å². The number of hydrogen-bond donors (Lipinski definition) is 0. The molecule has 2 heterocycles. The molecule has 30 heavy (non-hydrogen) atoms. The van der Waals surface area contributed by atoms with E-state index in [-0.39, 0.29) is 13.5 Å². The van der Waals surface area contributed by atoms with Gasteiger partial charge in [-0.25, -0.2) is 4.21 Å². The lowest BCUT2D eigenvalue weighted by molar-refractivity contribution is 0.679. The molecule has 2 aliphatic rings. The van der Waals surface area contributed by atoms with Gasteiger partial charge in [0.1, 0.15) is 0 Å². The number of fused-ring (bicyclic) bond motifs is 4. The standard InChI is InChI=1S/C12H8OS2.C12H8S2.H2S/c13-15-11-7-3-1-5-9(11)14-10-6-2-4-8-12(10)15;1-2-6-10-9(5-1)13-11-7-3-4-8-12(11)14-10;/h1-8H;1-8H;1H2. The lowest BCUT2D eigenvalue weighted by Crippen LogP contribution is -2.01. The fourth-order valence-electron chi connectivity index (χ4n) is 3.09. The van der Waals surface area contributed by atoms with Gasteiger partial charge in [0, 0.05) is 29.4 Å². The van der Waals surface area contributed by atoms with E-state index >= 15 is 0 Å². The van der Waals surface area contributed by atoms with Crippen molar-refractivity contribution < 1.29 is 4.21 Å². The number of benzene rings is 4. The first kappa shape index (κ1) is 21.7. The van der Waals surface area contributed by atoms with E-state index in [2.05, 4.69) is 48.5 Å². The van der Waals surface area contributed by atoms with Crippen LogP contribution in [0.25, 0.3) is 0 Å². The van der Waals surface area contributed by atoms with Gasteiger partial charge in [-0.1, -0.05) is 83.8 Å². The normalized spacial score (nSPS) is 13.3. The molecular weight excluding hydrogens is 465 g/mol. The summed E-state index contributed by atoms with van der Waals surface area (Å²) in [6, 6.07) is 32.9. The lowest BCUT2D eigenvalue weighted by atomic mass is 10.3. The van der Waals surface area contributed by atoms with Crippen molar-refractivity contribution in [2.75, 3.05) is 0 Å². The zero-order chi connectivity index (χ0) is 19.6. The van der Waals surface area contributed by atoms with Gasteiger partial charge in [-0.3, -0.25) is 0 Å². The maximum absolute atomic E-state index is 12.2. The molecule has 4 aromatic rings. The second-order valence-corrected chi connectivity index (χ2v) is 11.0. The van der Waals surface area contributed by atoms with Gasteiger partial charge in [0.05, 0.1) is 20.6 Å². The Balaban J connectivity index is 0.000000141. The molecular formula is C24H18OS5. The van der Waals surface area contributed by atoms with Gasteiger partial charge >= 0.3 is 0 Å². The molecule has 0 amide bonds. The monoisotopic (exact) mass is 482 g/mol. The van der Waals surface area contributed by atoms with Crippen molar-refractivity contribution in [3.05, 3.63) is 97.1 Å². The van der Waals surface area contributed by atoms with Gasteiger partial charge in [0.2, 0.25) is 0 Å². The smallest absolute Gasteiger partial charge is 0.0872 e. The second kappa shape index (κ2) is 9.71. The summed E-state index contributed by atoms with van der Waals surface area (Å²) in [4.78, 5) is 9.56. The first-order valence-corrected chi connectivity index (χ1v) is 12.7. The highest BCUT2D eigenvalue weighted by Gasteiger charge is 2.21. The maximum atomic E-state index is 12.2. The molecule has 0 fully saturated rings. The Bertz CT molecular complexity index is 1090. The van der Waals surface area contributed by atoms with Crippen molar-refractivity contribution >= 4 is 59.6 Å². The zero-order valence-corrected chi connectivity index (χ0v) is 20.0. The van der Waals surface area contributed by atoms with Gasteiger partial charge in [0.25, 0.3) is 0 Å². The molecule has 0 saturated heterocycles. The molecule has 0 spiro atoms. The molecule has 0 aromatic heterocycles. The summed E-state index contributed by atoms with van der Waals surface area (Å²) >= 11 is 5.42. The van der Waals surface area contributed by atoms with E-state index in [1.807, 2.05) is 72.1 Å². The summed E-state index contributed by atoms with van der Waals surface area (Å²) < 4.78 is 12.2. The SMILES string of the molecule is O=S1c2ccccc2Sc2ccccc21.S.c1ccc2c(c1)Sc1ccccc1S2. The highest BCUT2D eigenvalue weighted by Crippen LogP contribution is 2.47. The van der Waals surface area contributed by atoms with E-state index in [0.717, 1.165) is 19.6 Å².